The highest BCUT2D eigenvalue weighted by Crippen LogP contribution is 2.43. The topological polar surface area (TPSA) is 54.6 Å². The molecule has 1 N–H and O–H groups in total. The third-order valence-electron chi connectivity index (χ3n) is 5.44. The van der Waals surface area contributed by atoms with E-state index >= 15 is 0 Å². The number of rotatable bonds is 3. The summed E-state index contributed by atoms with van der Waals surface area (Å²) < 4.78 is 11.3. The van der Waals surface area contributed by atoms with Crippen LogP contribution in [0, 0.1) is 0 Å². The molecular formula is C19H24N2O3. The van der Waals surface area contributed by atoms with Gasteiger partial charge in [0.05, 0.1) is 25.3 Å². The zero-order valence-electron chi connectivity index (χ0n) is 14.1. The number of methoxy groups -OCH3 is 1. The molecule has 0 aliphatic carbocycles. The van der Waals surface area contributed by atoms with E-state index in [-0.39, 0.29) is 11.5 Å². The number of benzene rings is 1. The summed E-state index contributed by atoms with van der Waals surface area (Å²) in [5, 5.41) is 1.31. The van der Waals surface area contributed by atoms with Crippen molar-refractivity contribution in [3.63, 3.8) is 0 Å². The van der Waals surface area contributed by atoms with Crippen LogP contribution in [-0.2, 0) is 26.3 Å². The molecule has 1 spiro atoms. The summed E-state index contributed by atoms with van der Waals surface area (Å²) in [6.45, 7) is 2.74. The Balaban J connectivity index is 1.57. The summed E-state index contributed by atoms with van der Waals surface area (Å²) in [7, 11) is 1.63. The molecule has 4 rings (SSSR count). The maximum Gasteiger partial charge on any atom is 0.224 e. The van der Waals surface area contributed by atoms with Gasteiger partial charge in [-0.2, -0.15) is 0 Å². The molecule has 1 amide bonds. The number of fused-ring (bicyclic) bond motifs is 4. The summed E-state index contributed by atoms with van der Waals surface area (Å²) in [5.41, 5.74) is 3.56. The molecule has 1 aromatic heterocycles. The van der Waals surface area contributed by atoms with Gasteiger partial charge in [0.2, 0.25) is 5.91 Å². The van der Waals surface area contributed by atoms with Crippen LogP contribution in [0.5, 0.6) is 0 Å². The third-order valence-corrected chi connectivity index (χ3v) is 5.44. The largest absolute Gasteiger partial charge is 0.384 e. The Bertz CT molecular complexity index is 744. The lowest BCUT2D eigenvalue weighted by atomic mass is 9.83. The molecule has 0 atom stereocenters. The molecule has 5 nitrogen and oxygen atoms in total. The second-order valence-corrected chi connectivity index (χ2v) is 6.74. The van der Waals surface area contributed by atoms with Crippen molar-refractivity contribution in [3.05, 3.63) is 35.5 Å². The molecule has 0 radical (unpaired) electrons. The van der Waals surface area contributed by atoms with E-state index in [0.717, 1.165) is 39.0 Å². The highest BCUT2D eigenvalue weighted by Gasteiger charge is 2.43. The number of carbonyl (C=O) groups excluding carboxylic acids is 1. The highest BCUT2D eigenvalue weighted by molar-refractivity contribution is 5.85. The van der Waals surface area contributed by atoms with E-state index in [1.54, 1.807) is 7.11 Å². The fourth-order valence-corrected chi connectivity index (χ4v) is 4.13. The zero-order chi connectivity index (χ0) is 16.6. The summed E-state index contributed by atoms with van der Waals surface area (Å²) in [4.78, 5) is 17.8. The van der Waals surface area contributed by atoms with Gasteiger partial charge < -0.3 is 19.4 Å². The normalized spacial score (nSPS) is 19.6. The summed E-state index contributed by atoms with van der Waals surface area (Å²) in [5.74, 6) is 0.180. The van der Waals surface area contributed by atoms with E-state index in [2.05, 4.69) is 29.2 Å². The number of hydrogen-bond donors (Lipinski definition) is 1. The number of nitrogens with one attached hydrogen (secondary N) is 1. The van der Waals surface area contributed by atoms with Crippen LogP contribution < -0.4 is 0 Å². The molecule has 2 aromatic rings. The maximum absolute atomic E-state index is 12.2. The first kappa shape index (κ1) is 15.7. The van der Waals surface area contributed by atoms with Crippen LogP contribution >= 0.6 is 0 Å². The van der Waals surface area contributed by atoms with Crippen molar-refractivity contribution in [2.75, 3.05) is 33.4 Å². The van der Waals surface area contributed by atoms with Crippen LogP contribution in [0.4, 0.5) is 0 Å². The SMILES string of the molecule is COCCC(=O)N1CCC2(CC1)OCCc1c2[nH]c2ccccc12. The number of nitrogens with zero attached hydrogens (tertiary/aromatic N) is 1. The Labute approximate surface area is 141 Å². The Morgan fingerprint density at radius 3 is 2.92 bits per heavy atom. The van der Waals surface area contributed by atoms with Crippen LogP contribution in [0.1, 0.15) is 30.5 Å². The number of H-pyrrole nitrogens is 1. The van der Waals surface area contributed by atoms with E-state index < -0.39 is 0 Å². The second-order valence-electron chi connectivity index (χ2n) is 6.74. The van der Waals surface area contributed by atoms with Gasteiger partial charge >= 0.3 is 0 Å². The minimum absolute atomic E-state index is 0.180. The van der Waals surface area contributed by atoms with Crippen molar-refractivity contribution < 1.29 is 14.3 Å². The third kappa shape index (κ3) is 2.52. The van der Waals surface area contributed by atoms with Crippen LogP contribution in [0.2, 0.25) is 0 Å². The number of aromatic nitrogens is 1. The fourth-order valence-electron chi connectivity index (χ4n) is 4.13. The van der Waals surface area contributed by atoms with Crippen molar-refractivity contribution >= 4 is 16.8 Å². The molecule has 0 bridgehead atoms. The number of piperidine rings is 1. The van der Waals surface area contributed by atoms with Gasteiger partial charge in [-0.05, 0) is 30.9 Å². The standard InChI is InChI=1S/C19H24N2O3/c1-23-12-7-17(22)21-10-8-19(9-11-21)18-15(6-13-24-19)14-4-2-3-5-16(14)20-18/h2-5,20H,6-13H2,1H3. The van der Waals surface area contributed by atoms with Crippen molar-refractivity contribution in [1.29, 1.82) is 0 Å². The first-order valence-electron chi connectivity index (χ1n) is 8.74. The van der Waals surface area contributed by atoms with Gasteiger partial charge in [-0.1, -0.05) is 18.2 Å². The average molecular weight is 328 g/mol. The number of carbonyl (C=O) groups is 1. The highest BCUT2D eigenvalue weighted by atomic mass is 16.5. The van der Waals surface area contributed by atoms with Gasteiger partial charge in [0.1, 0.15) is 5.60 Å². The summed E-state index contributed by atoms with van der Waals surface area (Å²) in [6, 6.07) is 8.47. The first-order chi connectivity index (χ1) is 11.7. The maximum atomic E-state index is 12.2. The van der Waals surface area contributed by atoms with Gasteiger partial charge in [-0.25, -0.2) is 0 Å². The molecule has 3 heterocycles. The number of ether oxygens (including phenoxy) is 2. The molecule has 2 aliphatic rings. The lowest BCUT2D eigenvalue weighted by Crippen LogP contribution is -2.48. The van der Waals surface area contributed by atoms with Gasteiger partial charge in [0, 0.05) is 31.1 Å². The molecule has 24 heavy (non-hydrogen) atoms. The molecule has 5 heteroatoms. The minimum atomic E-state index is -0.259. The Morgan fingerprint density at radius 2 is 2.12 bits per heavy atom. The van der Waals surface area contributed by atoms with Gasteiger partial charge in [0.25, 0.3) is 0 Å². The summed E-state index contributed by atoms with van der Waals surface area (Å²) in [6.07, 6.45) is 3.12. The minimum Gasteiger partial charge on any atom is -0.384 e. The van der Waals surface area contributed by atoms with Gasteiger partial charge in [-0.3, -0.25) is 4.79 Å². The second kappa shape index (κ2) is 6.22. The predicted molar refractivity (Wildman–Crippen MR) is 91.9 cm³/mol. The van der Waals surface area contributed by atoms with Gasteiger partial charge in [-0.15, -0.1) is 0 Å². The molecule has 1 saturated heterocycles. The number of hydrogen-bond acceptors (Lipinski definition) is 3. The lowest BCUT2D eigenvalue weighted by Gasteiger charge is -2.43. The van der Waals surface area contributed by atoms with E-state index in [4.69, 9.17) is 9.47 Å². The van der Waals surface area contributed by atoms with E-state index in [9.17, 15) is 4.79 Å². The molecule has 1 aromatic carbocycles. The van der Waals surface area contributed by atoms with Gasteiger partial charge in [0.15, 0.2) is 0 Å². The molecular weight excluding hydrogens is 304 g/mol. The van der Waals surface area contributed by atoms with Crippen molar-refractivity contribution in [1.82, 2.24) is 9.88 Å². The quantitative estimate of drug-likeness (QED) is 0.942. The number of para-hydroxylation sites is 1. The first-order valence-corrected chi connectivity index (χ1v) is 8.74. The number of aromatic amines is 1. The van der Waals surface area contributed by atoms with Crippen molar-refractivity contribution in [2.45, 2.75) is 31.3 Å². The van der Waals surface area contributed by atoms with Crippen LogP contribution in [0.15, 0.2) is 24.3 Å². The molecule has 0 unspecified atom stereocenters. The lowest BCUT2D eigenvalue weighted by molar-refractivity contribution is -0.141. The Morgan fingerprint density at radius 1 is 1.33 bits per heavy atom. The number of amides is 1. The number of likely N-dealkylation sites (tertiary alicyclic amines) is 1. The van der Waals surface area contributed by atoms with Crippen molar-refractivity contribution in [3.8, 4) is 0 Å². The van der Waals surface area contributed by atoms with E-state index in [1.165, 1.54) is 22.2 Å². The molecule has 1 fully saturated rings. The van der Waals surface area contributed by atoms with E-state index in [1.807, 2.05) is 4.90 Å². The Hall–Kier alpha value is -1.85. The molecule has 128 valence electrons. The summed E-state index contributed by atoms with van der Waals surface area (Å²) >= 11 is 0. The smallest absolute Gasteiger partial charge is 0.224 e. The fraction of sp³-hybridized carbons (Fsp3) is 0.526. The molecule has 0 saturated carbocycles. The van der Waals surface area contributed by atoms with Crippen LogP contribution in [0.25, 0.3) is 10.9 Å². The molecule has 2 aliphatic heterocycles. The Kier molecular flexibility index (Phi) is 4.06. The van der Waals surface area contributed by atoms with Crippen LogP contribution in [-0.4, -0.2) is 49.2 Å². The van der Waals surface area contributed by atoms with E-state index in [0.29, 0.717) is 13.0 Å². The average Bonchev–Trinajstić information content (AvgIpc) is 3.01. The monoisotopic (exact) mass is 328 g/mol. The predicted octanol–water partition coefficient (Wildman–Crippen LogP) is 2.59. The van der Waals surface area contributed by atoms with Crippen LogP contribution in [0.3, 0.4) is 0 Å². The zero-order valence-corrected chi connectivity index (χ0v) is 14.1. The van der Waals surface area contributed by atoms with Crippen molar-refractivity contribution in [2.24, 2.45) is 0 Å².